The molecule has 48 heavy (non-hydrogen) atoms. The van der Waals surface area contributed by atoms with Gasteiger partial charge >= 0.3 is 0 Å². The number of aryl methyl sites for hydroxylation is 1. The van der Waals surface area contributed by atoms with Gasteiger partial charge in [-0.2, -0.15) is 9.40 Å². The summed E-state index contributed by atoms with van der Waals surface area (Å²) < 4.78 is 29.9. The Balaban J connectivity index is 0.00000267. The number of sulfonamides is 1. The molecule has 3 fully saturated rings. The number of aromatic nitrogens is 2. The molecule has 2 aromatic rings. The van der Waals surface area contributed by atoms with Crippen LogP contribution in [0.2, 0.25) is 0 Å². The normalized spacial score (nSPS) is 20.6. The van der Waals surface area contributed by atoms with E-state index in [1.54, 1.807) is 16.4 Å². The minimum Gasteiger partial charge on any atom is -0.342 e. The molecule has 1 N–H and O–H groups in total. The maximum Gasteiger partial charge on any atom is 0.246 e. The number of nitrogens with zero attached hydrogens (tertiary/aromatic N) is 6. The monoisotopic (exact) mass is 749 g/mol. The fourth-order valence-electron chi connectivity index (χ4n) is 7.04. The van der Waals surface area contributed by atoms with E-state index in [-0.39, 0.29) is 49.0 Å². The van der Waals surface area contributed by atoms with E-state index in [0.717, 1.165) is 48.6 Å². The SMILES string of the molecule is CCCCN1C(=O)[C@H](CC(C)C)NC(=O)C12CCN(Cc1c(C)nn(-c3ccc(S(=O)(=O)N4CCN(C)CC4)cc3)c1C)CC2.Cl.Cl.Cl. The molecule has 0 radical (unpaired) electrons. The number of hydrogen-bond donors (Lipinski definition) is 1. The van der Waals surface area contributed by atoms with Crippen LogP contribution in [0.15, 0.2) is 29.2 Å². The molecule has 11 nitrogen and oxygen atoms in total. The summed E-state index contributed by atoms with van der Waals surface area (Å²) in [7, 11) is -1.53. The number of rotatable bonds is 10. The maximum atomic E-state index is 13.6. The fourth-order valence-corrected chi connectivity index (χ4v) is 8.46. The summed E-state index contributed by atoms with van der Waals surface area (Å²) in [5.41, 5.74) is 3.10. The first kappa shape index (κ1) is 42.2. The molecule has 1 atom stereocenters. The zero-order valence-corrected chi connectivity index (χ0v) is 32.4. The van der Waals surface area contributed by atoms with Crippen LogP contribution < -0.4 is 5.32 Å². The second-order valence-electron chi connectivity index (χ2n) is 13.6. The molecular weight excluding hydrogens is 697 g/mol. The Morgan fingerprint density at radius 1 is 0.958 bits per heavy atom. The minimum atomic E-state index is -3.54. The van der Waals surface area contributed by atoms with Crippen molar-refractivity contribution in [3.05, 3.63) is 41.2 Å². The Labute approximate surface area is 305 Å². The smallest absolute Gasteiger partial charge is 0.246 e. The van der Waals surface area contributed by atoms with Crippen LogP contribution in [0.3, 0.4) is 0 Å². The second kappa shape index (κ2) is 17.3. The van der Waals surface area contributed by atoms with Gasteiger partial charge in [-0.15, -0.1) is 37.2 Å². The molecule has 1 spiro atoms. The van der Waals surface area contributed by atoms with Crippen LogP contribution >= 0.6 is 37.2 Å². The van der Waals surface area contributed by atoms with Crippen molar-refractivity contribution < 1.29 is 18.0 Å². The summed E-state index contributed by atoms with van der Waals surface area (Å²) >= 11 is 0. The summed E-state index contributed by atoms with van der Waals surface area (Å²) in [4.78, 5) is 33.9. The number of piperazine rings is 2. The molecule has 1 aromatic carbocycles. The van der Waals surface area contributed by atoms with Crippen molar-refractivity contribution in [3.8, 4) is 5.69 Å². The Morgan fingerprint density at radius 2 is 1.56 bits per heavy atom. The average molecular weight is 751 g/mol. The second-order valence-corrected chi connectivity index (χ2v) is 15.5. The lowest BCUT2D eigenvalue weighted by Gasteiger charge is -2.52. The number of benzene rings is 1. The van der Waals surface area contributed by atoms with E-state index in [1.165, 1.54) is 0 Å². The van der Waals surface area contributed by atoms with Crippen molar-refractivity contribution in [2.24, 2.45) is 5.92 Å². The number of hydrogen-bond acceptors (Lipinski definition) is 7. The van der Waals surface area contributed by atoms with Crippen molar-refractivity contribution in [2.75, 3.05) is 52.9 Å². The van der Waals surface area contributed by atoms with E-state index in [1.807, 2.05) is 42.6 Å². The maximum absolute atomic E-state index is 13.6. The number of carbonyl (C=O) groups excluding carboxylic acids is 2. The van der Waals surface area contributed by atoms with Gasteiger partial charge < -0.3 is 15.1 Å². The van der Waals surface area contributed by atoms with E-state index in [9.17, 15) is 18.0 Å². The standard InChI is InChI=1S/C33H51N7O4S.3ClH/c1-7-8-15-39-31(41)30(22-24(2)3)34-32(42)33(39)13-16-37(17-14-33)23-29-25(4)35-40(26(29)5)27-9-11-28(12-10-27)45(43,44)38-20-18-36(6)19-21-38;;;/h9-12,24,30H,7-8,13-23H2,1-6H3,(H,34,42);3*1H/t30-;;;/m0.../s1. The zero-order chi connectivity index (χ0) is 32.5. The first-order chi connectivity index (χ1) is 21.4. The number of likely N-dealkylation sites (N-methyl/N-ethyl adjacent to an activating group) is 1. The molecule has 0 aliphatic carbocycles. The van der Waals surface area contributed by atoms with Crippen molar-refractivity contribution >= 4 is 59.1 Å². The molecule has 3 saturated heterocycles. The van der Waals surface area contributed by atoms with Gasteiger partial charge in [0, 0.05) is 63.6 Å². The third-order valence-electron chi connectivity index (χ3n) is 9.94. The first-order valence-electron chi connectivity index (χ1n) is 16.6. The van der Waals surface area contributed by atoms with Crippen LogP contribution in [0.5, 0.6) is 0 Å². The Bertz CT molecular complexity index is 1490. The predicted octanol–water partition coefficient (Wildman–Crippen LogP) is 4.20. The van der Waals surface area contributed by atoms with Crippen LogP contribution in [0, 0.1) is 19.8 Å². The highest BCUT2D eigenvalue weighted by Gasteiger charge is 2.53. The number of halogens is 3. The van der Waals surface area contributed by atoms with Gasteiger partial charge in [-0.3, -0.25) is 14.5 Å². The van der Waals surface area contributed by atoms with Gasteiger partial charge in [-0.05, 0) is 76.8 Å². The summed E-state index contributed by atoms with van der Waals surface area (Å²) in [5.74, 6) is 0.394. The molecule has 1 aromatic heterocycles. The van der Waals surface area contributed by atoms with Crippen molar-refractivity contribution in [1.82, 2.24) is 34.1 Å². The molecule has 3 aliphatic rings. The number of nitrogens with one attached hydrogen (secondary N) is 1. The van der Waals surface area contributed by atoms with E-state index in [0.29, 0.717) is 69.3 Å². The van der Waals surface area contributed by atoms with Crippen LogP contribution in [0.1, 0.15) is 69.8 Å². The number of piperidine rings is 1. The molecule has 4 heterocycles. The van der Waals surface area contributed by atoms with E-state index in [2.05, 4.69) is 35.9 Å². The average Bonchev–Trinajstić information content (AvgIpc) is 3.29. The molecule has 0 saturated carbocycles. The number of likely N-dealkylation sites (tertiary alicyclic amines) is 1. The molecule has 0 unspecified atom stereocenters. The highest BCUT2D eigenvalue weighted by Crippen LogP contribution is 2.35. The lowest BCUT2D eigenvalue weighted by Crippen LogP contribution is -2.73. The minimum absolute atomic E-state index is 0. The van der Waals surface area contributed by atoms with Gasteiger partial charge in [0.1, 0.15) is 11.6 Å². The van der Waals surface area contributed by atoms with Crippen molar-refractivity contribution in [1.29, 1.82) is 0 Å². The highest BCUT2D eigenvalue weighted by molar-refractivity contribution is 7.89. The van der Waals surface area contributed by atoms with Crippen molar-refractivity contribution in [3.63, 3.8) is 0 Å². The summed E-state index contributed by atoms with van der Waals surface area (Å²) in [6.07, 6.45) is 3.74. The van der Waals surface area contributed by atoms with E-state index in [4.69, 9.17) is 5.10 Å². The largest absolute Gasteiger partial charge is 0.342 e. The zero-order valence-electron chi connectivity index (χ0n) is 29.1. The molecule has 0 bridgehead atoms. The Hall–Kier alpha value is -1.93. The molecule has 3 aliphatic heterocycles. The van der Waals surface area contributed by atoms with Gasteiger partial charge in [0.15, 0.2) is 0 Å². The summed E-state index contributed by atoms with van der Waals surface area (Å²) in [5, 5.41) is 7.92. The number of amides is 2. The third-order valence-corrected chi connectivity index (χ3v) is 11.9. The Morgan fingerprint density at radius 3 is 2.12 bits per heavy atom. The molecule has 15 heteroatoms. The molecule has 2 amide bonds. The topological polar surface area (TPSA) is 111 Å². The summed E-state index contributed by atoms with van der Waals surface area (Å²) in [6, 6.07) is 6.57. The van der Waals surface area contributed by atoms with Crippen LogP contribution in [-0.2, 0) is 26.2 Å². The van der Waals surface area contributed by atoms with Gasteiger partial charge in [-0.1, -0.05) is 27.2 Å². The number of carbonyl (C=O) groups is 2. The van der Waals surface area contributed by atoms with Crippen LogP contribution in [0.4, 0.5) is 0 Å². The first-order valence-corrected chi connectivity index (χ1v) is 18.0. The quantitative estimate of drug-likeness (QED) is 0.388. The lowest BCUT2D eigenvalue weighted by molar-refractivity contribution is -0.161. The number of unbranched alkanes of at least 4 members (excludes halogenated alkanes) is 1. The molecule has 5 rings (SSSR count). The molecular formula is C33H54Cl3N7O4S. The van der Waals surface area contributed by atoms with Crippen LogP contribution in [-0.4, -0.2) is 113 Å². The predicted molar refractivity (Wildman–Crippen MR) is 196 cm³/mol. The lowest BCUT2D eigenvalue weighted by atomic mass is 9.80. The fraction of sp³-hybridized carbons (Fsp3) is 0.667. The van der Waals surface area contributed by atoms with Gasteiger partial charge in [0.25, 0.3) is 0 Å². The highest BCUT2D eigenvalue weighted by atomic mass is 35.5. The van der Waals surface area contributed by atoms with Crippen LogP contribution in [0.25, 0.3) is 5.69 Å². The van der Waals surface area contributed by atoms with Gasteiger partial charge in [0.2, 0.25) is 21.8 Å². The molecule has 272 valence electrons. The van der Waals surface area contributed by atoms with E-state index < -0.39 is 21.6 Å². The third kappa shape index (κ3) is 8.50. The van der Waals surface area contributed by atoms with Gasteiger partial charge in [-0.25, -0.2) is 13.1 Å². The van der Waals surface area contributed by atoms with E-state index >= 15 is 0 Å². The Kier molecular flexibility index (Phi) is 15.2. The van der Waals surface area contributed by atoms with Crippen molar-refractivity contribution in [2.45, 2.75) is 89.7 Å². The van der Waals surface area contributed by atoms with Gasteiger partial charge in [0.05, 0.1) is 16.3 Å². The summed E-state index contributed by atoms with van der Waals surface area (Å²) in [6.45, 7) is 15.5.